The minimum absolute atomic E-state index is 0.0549. The van der Waals surface area contributed by atoms with Gasteiger partial charge in [-0.05, 0) is 18.9 Å². The van der Waals surface area contributed by atoms with Crippen molar-refractivity contribution in [2.24, 2.45) is 11.8 Å². The van der Waals surface area contributed by atoms with Crippen molar-refractivity contribution in [2.45, 2.75) is 31.9 Å². The lowest BCUT2D eigenvalue weighted by atomic mass is 9.65. The van der Waals surface area contributed by atoms with Gasteiger partial charge in [0, 0.05) is 35.9 Å². The van der Waals surface area contributed by atoms with Gasteiger partial charge >= 0.3 is 0 Å². The van der Waals surface area contributed by atoms with E-state index in [9.17, 15) is 4.79 Å². The Labute approximate surface area is 141 Å². The molecule has 4 rings (SSSR count). The van der Waals surface area contributed by atoms with Gasteiger partial charge in [-0.2, -0.15) is 0 Å². The zero-order chi connectivity index (χ0) is 16.7. The minimum atomic E-state index is -0.0549. The molecule has 0 bridgehead atoms. The summed E-state index contributed by atoms with van der Waals surface area (Å²) in [5.41, 5.74) is 1.39. The van der Waals surface area contributed by atoms with Crippen LogP contribution >= 0.6 is 0 Å². The van der Waals surface area contributed by atoms with Crippen LogP contribution in [0.2, 0.25) is 0 Å². The molecule has 1 saturated carbocycles. The summed E-state index contributed by atoms with van der Waals surface area (Å²) < 4.78 is 11.1. The van der Waals surface area contributed by atoms with Gasteiger partial charge in [-0.15, -0.1) is 0 Å². The highest BCUT2D eigenvalue weighted by Crippen LogP contribution is 2.45. The molecular formula is C19H22N2O3. The van der Waals surface area contributed by atoms with Crippen LogP contribution in [0.1, 0.15) is 30.1 Å². The maximum Gasteiger partial charge on any atom is 0.252 e. The largest absolute Gasteiger partial charge is 0.481 e. The Bertz CT molecular complexity index is 776. The summed E-state index contributed by atoms with van der Waals surface area (Å²) in [6.07, 6.45) is 2.38. The highest BCUT2D eigenvalue weighted by atomic mass is 16.5. The van der Waals surface area contributed by atoms with Gasteiger partial charge in [0.25, 0.3) is 5.91 Å². The highest BCUT2D eigenvalue weighted by Gasteiger charge is 2.53. The third-order valence-electron chi connectivity index (χ3n) is 5.44. The van der Waals surface area contributed by atoms with Crippen molar-refractivity contribution in [3.63, 3.8) is 0 Å². The molecule has 1 aliphatic carbocycles. The van der Waals surface area contributed by atoms with Gasteiger partial charge in [0.15, 0.2) is 0 Å². The van der Waals surface area contributed by atoms with E-state index < -0.39 is 0 Å². The smallest absolute Gasteiger partial charge is 0.252 e. The summed E-state index contributed by atoms with van der Waals surface area (Å²) in [6.45, 7) is 2.97. The van der Waals surface area contributed by atoms with Crippen molar-refractivity contribution in [2.75, 3.05) is 13.7 Å². The van der Waals surface area contributed by atoms with Gasteiger partial charge in [0.1, 0.15) is 0 Å². The Morgan fingerprint density at radius 1 is 1.42 bits per heavy atom. The molecule has 2 fully saturated rings. The summed E-state index contributed by atoms with van der Waals surface area (Å²) in [4.78, 5) is 17.4. The van der Waals surface area contributed by atoms with Crippen LogP contribution in [0.5, 0.6) is 5.88 Å². The fourth-order valence-electron chi connectivity index (χ4n) is 4.20. The Balaban J connectivity index is 1.64. The molecule has 1 aromatic heterocycles. The van der Waals surface area contributed by atoms with E-state index in [0.717, 1.165) is 30.4 Å². The average Bonchev–Trinajstić information content (AvgIpc) is 3.03. The number of methoxy groups -OCH3 is 1. The molecule has 2 aromatic rings. The predicted molar refractivity (Wildman–Crippen MR) is 91.2 cm³/mol. The Hall–Kier alpha value is -2.14. The monoisotopic (exact) mass is 326 g/mol. The number of hydrogen-bond acceptors (Lipinski definition) is 4. The van der Waals surface area contributed by atoms with Gasteiger partial charge in [-0.1, -0.05) is 25.1 Å². The first kappa shape index (κ1) is 15.4. The molecule has 1 N–H and O–H groups in total. The molecule has 5 nitrogen and oxygen atoms in total. The maximum absolute atomic E-state index is 12.9. The first-order valence-electron chi connectivity index (χ1n) is 8.59. The normalized spacial score (nSPS) is 28.2. The maximum atomic E-state index is 12.9. The van der Waals surface area contributed by atoms with Crippen LogP contribution in [0.3, 0.4) is 0 Å². The quantitative estimate of drug-likeness (QED) is 0.938. The molecule has 0 radical (unpaired) electrons. The summed E-state index contributed by atoms with van der Waals surface area (Å²) >= 11 is 0. The second-order valence-corrected chi connectivity index (χ2v) is 6.59. The fraction of sp³-hybridized carbons (Fsp3) is 0.474. The fourth-order valence-corrected chi connectivity index (χ4v) is 4.20. The van der Waals surface area contributed by atoms with E-state index in [1.54, 1.807) is 13.2 Å². The van der Waals surface area contributed by atoms with E-state index >= 15 is 0 Å². The Morgan fingerprint density at radius 3 is 3.04 bits per heavy atom. The lowest BCUT2D eigenvalue weighted by Gasteiger charge is -2.47. The second-order valence-electron chi connectivity index (χ2n) is 6.59. The van der Waals surface area contributed by atoms with Crippen LogP contribution in [0, 0.1) is 11.8 Å². The molecule has 1 amide bonds. The topological polar surface area (TPSA) is 60.5 Å². The van der Waals surface area contributed by atoms with Crippen LogP contribution in [-0.2, 0) is 4.74 Å². The van der Waals surface area contributed by atoms with Crippen molar-refractivity contribution >= 4 is 16.8 Å². The number of nitrogens with zero attached hydrogens (tertiary/aromatic N) is 1. The molecule has 1 saturated heterocycles. The Kier molecular flexibility index (Phi) is 3.88. The van der Waals surface area contributed by atoms with Gasteiger partial charge in [-0.3, -0.25) is 4.79 Å². The highest BCUT2D eigenvalue weighted by molar-refractivity contribution is 6.06. The number of benzene rings is 1. The lowest BCUT2D eigenvalue weighted by molar-refractivity contribution is -0.0545. The third-order valence-corrected chi connectivity index (χ3v) is 5.44. The lowest BCUT2D eigenvalue weighted by Crippen LogP contribution is -2.61. The van der Waals surface area contributed by atoms with E-state index in [1.165, 1.54) is 0 Å². The number of pyridine rings is 1. The number of amides is 1. The second kappa shape index (κ2) is 6.06. The number of ether oxygens (including phenoxy) is 2. The summed E-state index contributed by atoms with van der Waals surface area (Å²) in [7, 11) is 1.57. The zero-order valence-electron chi connectivity index (χ0n) is 14.0. The molecule has 1 aromatic carbocycles. The van der Waals surface area contributed by atoms with E-state index in [1.807, 2.05) is 24.3 Å². The molecule has 126 valence electrons. The summed E-state index contributed by atoms with van der Waals surface area (Å²) in [5, 5.41) is 4.10. The average molecular weight is 326 g/mol. The molecule has 24 heavy (non-hydrogen) atoms. The standard InChI is InChI=1S/C19H22N2O3/c1-3-11-17(13-8-9-24-18(11)13)21-19(22)14-10-16(23-2)20-15-7-5-4-6-12(14)15/h4-7,10-11,13,17-18H,3,8-9H2,1-2H3,(H,21,22)/t11-,13+,17-,18-/m1/s1. The molecule has 2 heterocycles. The first-order valence-corrected chi connectivity index (χ1v) is 8.59. The van der Waals surface area contributed by atoms with Crippen LogP contribution in [-0.4, -0.2) is 36.8 Å². The van der Waals surface area contributed by atoms with Crippen LogP contribution < -0.4 is 10.1 Å². The number of para-hydroxylation sites is 1. The SMILES string of the molecule is CC[C@@H]1[C@@H](NC(=O)c2cc(OC)nc3ccccc23)[C@@H]2CCO[C@H]12. The molecule has 4 atom stereocenters. The third kappa shape index (κ3) is 2.35. The summed E-state index contributed by atoms with van der Waals surface area (Å²) in [5.74, 6) is 1.27. The van der Waals surface area contributed by atoms with Gasteiger partial charge in [-0.25, -0.2) is 4.98 Å². The van der Waals surface area contributed by atoms with Gasteiger partial charge < -0.3 is 14.8 Å². The van der Waals surface area contributed by atoms with Gasteiger partial charge in [0.2, 0.25) is 5.88 Å². The zero-order valence-corrected chi connectivity index (χ0v) is 14.0. The predicted octanol–water partition coefficient (Wildman–Crippen LogP) is 2.79. The molecule has 5 heteroatoms. The van der Waals surface area contributed by atoms with Crippen molar-refractivity contribution in [1.82, 2.24) is 10.3 Å². The number of nitrogens with one attached hydrogen (secondary N) is 1. The molecule has 2 aliphatic rings. The first-order chi connectivity index (χ1) is 11.7. The number of fused-ring (bicyclic) bond motifs is 2. The Morgan fingerprint density at radius 2 is 2.25 bits per heavy atom. The number of carbonyl (C=O) groups is 1. The number of rotatable bonds is 4. The van der Waals surface area contributed by atoms with Crippen molar-refractivity contribution in [3.8, 4) is 5.88 Å². The number of carbonyl (C=O) groups excluding carboxylic acids is 1. The number of aromatic nitrogens is 1. The van der Waals surface area contributed by atoms with Crippen molar-refractivity contribution in [3.05, 3.63) is 35.9 Å². The van der Waals surface area contributed by atoms with E-state index in [-0.39, 0.29) is 11.9 Å². The summed E-state index contributed by atoms with van der Waals surface area (Å²) in [6, 6.07) is 9.58. The molecule has 1 aliphatic heterocycles. The van der Waals surface area contributed by atoms with E-state index in [4.69, 9.17) is 9.47 Å². The van der Waals surface area contributed by atoms with Gasteiger partial charge in [0.05, 0.1) is 24.3 Å². The number of hydrogen-bond donors (Lipinski definition) is 1. The molecule has 0 unspecified atom stereocenters. The van der Waals surface area contributed by atoms with Crippen molar-refractivity contribution < 1.29 is 14.3 Å². The van der Waals surface area contributed by atoms with Crippen LogP contribution in [0.4, 0.5) is 0 Å². The molecule has 0 spiro atoms. The van der Waals surface area contributed by atoms with Crippen LogP contribution in [0.25, 0.3) is 10.9 Å². The van der Waals surface area contributed by atoms with Crippen molar-refractivity contribution in [1.29, 1.82) is 0 Å². The minimum Gasteiger partial charge on any atom is -0.481 e. The van der Waals surface area contributed by atoms with E-state index in [2.05, 4.69) is 17.2 Å². The molecular weight excluding hydrogens is 304 g/mol. The van der Waals surface area contributed by atoms with E-state index in [0.29, 0.717) is 29.4 Å². The van der Waals surface area contributed by atoms with Crippen LogP contribution in [0.15, 0.2) is 30.3 Å².